The first-order valence-electron chi connectivity index (χ1n) is 14.0. The first kappa shape index (κ1) is 25.7. The van der Waals surface area contributed by atoms with Crippen LogP contribution in [0.1, 0.15) is 76.1 Å². The van der Waals surface area contributed by atoms with Gasteiger partial charge in [0, 0.05) is 50.1 Å². The third kappa shape index (κ3) is 5.65. The average Bonchev–Trinajstić information content (AvgIpc) is 3.34. The Labute approximate surface area is 218 Å². The molecule has 0 unspecified atom stereocenters. The van der Waals surface area contributed by atoms with E-state index in [1.807, 2.05) is 17.0 Å². The number of nitrogens with one attached hydrogen (secondary N) is 2. The molecule has 0 radical (unpaired) electrons. The maximum atomic E-state index is 13.6. The van der Waals surface area contributed by atoms with E-state index < -0.39 is 0 Å². The summed E-state index contributed by atoms with van der Waals surface area (Å²) in [6.45, 7) is 8.45. The summed E-state index contributed by atoms with van der Waals surface area (Å²) in [6.07, 6.45) is 5.44. The number of rotatable bonds is 2. The van der Waals surface area contributed by atoms with Crippen LogP contribution in [0.15, 0.2) is 18.2 Å². The number of nitrogens with zero attached hydrogens (tertiary/aromatic N) is 4. The first-order chi connectivity index (χ1) is 17.8. The monoisotopic (exact) mass is 508 g/mol. The molecule has 1 aromatic heterocycles. The van der Waals surface area contributed by atoms with E-state index >= 15 is 0 Å². The number of amides is 3. The van der Waals surface area contributed by atoms with E-state index in [0.717, 1.165) is 37.6 Å². The Morgan fingerprint density at radius 1 is 1.05 bits per heavy atom. The summed E-state index contributed by atoms with van der Waals surface area (Å²) >= 11 is 0. The Hall–Kier alpha value is -2.97. The van der Waals surface area contributed by atoms with E-state index in [4.69, 9.17) is 0 Å². The van der Waals surface area contributed by atoms with E-state index in [1.54, 1.807) is 6.07 Å². The third-order valence-electron chi connectivity index (χ3n) is 8.69. The van der Waals surface area contributed by atoms with Crippen LogP contribution in [0.3, 0.4) is 0 Å². The molecule has 3 fully saturated rings. The van der Waals surface area contributed by atoms with Gasteiger partial charge in [-0.05, 0) is 74.0 Å². The summed E-state index contributed by atoms with van der Waals surface area (Å²) in [5.74, 6) is 1.51. The maximum absolute atomic E-state index is 13.6. The molecule has 37 heavy (non-hydrogen) atoms. The van der Waals surface area contributed by atoms with Crippen LogP contribution in [0.25, 0.3) is 11.0 Å². The molecule has 2 bridgehead atoms. The van der Waals surface area contributed by atoms with E-state index in [2.05, 4.69) is 46.4 Å². The van der Waals surface area contributed by atoms with Crippen LogP contribution in [0.4, 0.5) is 0 Å². The lowest BCUT2D eigenvalue weighted by molar-refractivity contribution is -0.141. The van der Waals surface area contributed by atoms with E-state index in [-0.39, 0.29) is 47.6 Å². The van der Waals surface area contributed by atoms with Gasteiger partial charge in [-0.15, -0.1) is 0 Å². The number of likely N-dealkylation sites (tertiary alicyclic amines) is 1. The molecule has 3 amide bonds. The second-order valence-corrected chi connectivity index (χ2v) is 11.9. The van der Waals surface area contributed by atoms with Gasteiger partial charge in [-0.2, -0.15) is 15.4 Å². The Bertz CT molecular complexity index is 1150. The number of carbonyl (C=O) groups is 3. The van der Waals surface area contributed by atoms with Gasteiger partial charge in [0.15, 0.2) is 0 Å². The predicted molar refractivity (Wildman–Crippen MR) is 141 cm³/mol. The van der Waals surface area contributed by atoms with Crippen molar-refractivity contribution in [2.45, 2.75) is 77.8 Å². The summed E-state index contributed by atoms with van der Waals surface area (Å²) in [6, 6.07) is 5.66. The number of hydrogen-bond acceptors (Lipinski definition) is 5. The van der Waals surface area contributed by atoms with E-state index in [0.29, 0.717) is 49.5 Å². The maximum Gasteiger partial charge on any atom is 0.253 e. The second-order valence-electron chi connectivity index (χ2n) is 11.9. The summed E-state index contributed by atoms with van der Waals surface area (Å²) in [4.78, 5) is 43.8. The molecule has 5 atom stereocenters. The van der Waals surface area contributed by atoms with Gasteiger partial charge < -0.3 is 15.1 Å². The molecule has 4 heterocycles. The predicted octanol–water partition coefficient (Wildman–Crippen LogP) is 3.38. The Morgan fingerprint density at radius 3 is 2.68 bits per heavy atom. The van der Waals surface area contributed by atoms with Crippen molar-refractivity contribution in [2.75, 3.05) is 19.6 Å². The van der Waals surface area contributed by atoms with Crippen LogP contribution in [0.5, 0.6) is 0 Å². The normalized spacial score (nSPS) is 29.8. The van der Waals surface area contributed by atoms with Crippen molar-refractivity contribution in [1.82, 2.24) is 30.5 Å². The number of H-pyrrole nitrogens is 1. The third-order valence-corrected chi connectivity index (χ3v) is 8.69. The van der Waals surface area contributed by atoms with Crippen molar-refractivity contribution < 1.29 is 14.4 Å². The van der Waals surface area contributed by atoms with Crippen LogP contribution in [0, 0.1) is 23.7 Å². The average molecular weight is 509 g/mol. The highest BCUT2D eigenvalue weighted by atomic mass is 16.2. The Balaban J connectivity index is 1.33. The summed E-state index contributed by atoms with van der Waals surface area (Å²) < 4.78 is 0. The largest absolute Gasteiger partial charge is 0.353 e. The smallest absolute Gasteiger partial charge is 0.253 e. The quantitative estimate of drug-likeness (QED) is 0.646. The zero-order valence-electron chi connectivity index (χ0n) is 22.3. The van der Waals surface area contributed by atoms with Crippen molar-refractivity contribution in [3.63, 3.8) is 0 Å². The molecule has 3 aliphatic heterocycles. The highest BCUT2D eigenvalue weighted by Gasteiger charge is 2.43. The lowest BCUT2D eigenvalue weighted by Gasteiger charge is -2.51. The molecular weight excluding hydrogens is 468 g/mol. The van der Waals surface area contributed by atoms with Gasteiger partial charge in [0.2, 0.25) is 11.8 Å². The molecule has 9 heteroatoms. The van der Waals surface area contributed by atoms with Gasteiger partial charge in [-0.3, -0.25) is 14.4 Å². The van der Waals surface area contributed by atoms with Crippen LogP contribution in [-0.4, -0.2) is 74.7 Å². The molecule has 2 N–H and O–H groups in total. The molecule has 3 saturated heterocycles. The van der Waals surface area contributed by atoms with E-state index in [9.17, 15) is 14.4 Å². The van der Waals surface area contributed by atoms with Crippen molar-refractivity contribution >= 4 is 28.8 Å². The fourth-order valence-electron chi connectivity index (χ4n) is 6.63. The van der Waals surface area contributed by atoms with Gasteiger partial charge >= 0.3 is 0 Å². The molecular formula is C28H40N6O3. The van der Waals surface area contributed by atoms with E-state index in [1.165, 1.54) is 0 Å². The number of benzene rings is 1. The fraction of sp³-hybridized carbons (Fsp3) is 0.679. The number of aromatic nitrogens is 3. The topological polar surface area (TPSA) is 111 Å². The van der Waals surface area contributed by atoms with Gasteiger partial charge in [0.1, 0.15) is 11.0 Å². The Kier molecular flexibility index (Phi) is 7.49. The first-order valence-corrected chi connectivity index (χ1v) is 14.0. The SMILES string of the molecule is CC(C)[C@@H]1CC[C@@H](C)CC(=O)N2C[C@H]3C[C@@H](CN(C(=O)c4ccc5n[nH]nc5c4)C3)[C@@H]2CCCC(=O)N1. The van der Waals surface area contributed by atoms with Gasteiger partial charge in [0.25, 0.3) is 5.91 Å². The van der Waals surface area contributed by atoms with Crippen molar-refractivity contribution in [2.24, 2.45) is 23.7 Å². The summed E-state index contributed by atoms with van der Waals surface area (Å²) in [5.41, 5.74) is 2.04. The molecule has 0 aliphatic carbocycles. The number of hydrogen-bond donors (Lipinski definition) is 2. The highest BCUT2D eigenvalue weighted by Crippen LogP contribution is 2.37. The summed E-state index contributed by atoms with van der Waals surface area (Å²) in [7, 11) is 0. The van der Waals surface area contributed by atoms with Crippen LogP contribution < -0.4 is 5.32 Å². The number of carbonyl (C=O) groups excluding carboxylic acids is 3. The Morgan fingerprint density at radius 2 is 1.86 bits per heavy atom. The molecule has 9 nitrogen and oxygen atoms in total. The lowest BCUT2D eigenvalue weighted by Crippen LogP contribution is -2.60. The fourth-order valence-corrected chi connectivity index (χ4v) is 6.63. The van der Waals surface area contributed by atoms with Gasteiger partial charge in [-0.25, -0.2) is 0 Å². The minimum absolute atomic E-state index is 0.0109. The standard InChI is InChI=1S/C28H40N6O3/c1-17(2)22-9-7-18(3)11-27(36)34-15-19-12-21(25(34)5-4-6-26(35)29-22)16-33(14-19)28(37)20-8-10-23-24(13-20)31-32-30-23/h8,10,13,17-19,21-22,25H,4-7,9,11-12,14-16H2,1-3H3,(H,29,35)(H,30,31,32)/t18-,19+,21+,22+,25+/m1/s1. The molecule has 2 aromatic rings. The molecule has 1 aromatic carbocycles. The van der Waals surface area contributed by atoms with Crippen LogP contribution >= 0.6 is 0 Å². The van der Waals surface area contributed by atoms with Gasteiger partial charge in [-0.1, -0.05) is 20.8 Å². The van der Waals surface area contributed by atoms with Crippen molar-refractivity contribution in [1.29, 1.82) is 0 Å². The van der Waals surface area contributed by atoms with Gasteiger partial charge in [0.05, 0.1) is 0 Å². The lowest BCUT2D eigenvalue weighted by atomic mass is 9.77. The molecule has 0 spiro atoms. The summed E-state index contributed by atoms with van der Waals surface area (Å²) in [5, 5.41) is 14.1. The van der Waals surface area contributed by atoms with Crippen LogP contribution in [0.2, 0.25) is 0 Å². The zero-order chi connectivity index (χ0) is 26.1. The molecule has 0 saturated carbocycles. The molecule has 200 valence electrons. The highest BCUT2D eigenvalue weighted by molar-refractivity contribution is 5.97. The minimum atomic E-state index is 0.0109. The van der Waals surface area contributed by atoms with Crippen LogP contribution in [-0.2, 0) is 9.59 Å². The number of fused-ring (bicyclic) bond motifs is 5. The molecule has 3 aliphatic rings. The number of aromatic amines is 1. The van der Waals surface area contributed by atoms with Crippen molar-refractivity contribution in [3.05, 3.63) is 23.8 Å². The second kappa shape index (κ2) is 10.8. The molecule has 5 rings (SSSR count). The number of piperidine rings is 2. The zero-order valence-corrected chi connectivity index (χ0v) is 22.3. The van der Waals surface area contributed by atoms with Crippen molar-refractivity contribution in [3.8, 4) is 0 Å². The minimum Gasteiger partial charge on any atom is -0.353 e.